The molecule has 0 unspecified atom stereocenters. The molecule has 2 aromatic rings. The fourth-order valence-corrected chi connectivity index (χ4v) is 4.37. The van der Waals surface area contributed by atoms with Crippen molar-refractivity contribution in [3.05, 3.63) is 44.3 Å². The molecule has 0 bridgehead atoms. The van der Waals surface area contributed by atoms with E-state index in [0.717, 1.165) is 43.9 Å². The molecule has 1 aliphatic rings. The van der Waals surface area contributed by atoms with Crippen LogP contribution < -0.4 is 0 Å². The zero-order chi connectivity index (χ0) is 15.4. The van der Waals surface area contributed by atoms with Crippen LogP contribution in [0, 0.1) is 6.92 Å². The highest BCUT2D eigenvalue weighted by molar-refractivity contribution is 7.12. The molecular formula is C17H21NO2S2. The lowest BCUT2D eigenvalue weighted by atomic mass is 10.1. The Labute approximate surface area is 139 Å². The number of thiophene rings is 2. The van der Waals surface area contributed by atoms with Crippen LogP contribution in [0.2, 0.25) is 0 Å². The van der Waals surface area contributed by atoms with E-state index in [1.165, 1.54) is 10.4 Å². The zero-order valence-corrected chi connectivity index (χ0v) is 14.4. The second kappa shape index (κ2) is 7.40. The number of hydrogen-bond donors (Lipinski definition) is 0. The summed E-state index contributed by atoms with van der Waals surface area (Å²) in [7, 11) is 0. The molecule has 1 aliphatic heterocycles. The first-order valence-corrected chi connectivity index (χ1v) is 9.46. The molecule has 0 spiro atoms. The second-order valence-electron chi connectivity index (χ2n) is 5.66. The molecule has 0 aliphatic carbocycles. The van der Waals surface area contributed by atoms with Gasteiger partial charge in [-0.05, 0) is 54.6 Å². The molecule has 3 heterocycles. The Bertz CT molecular complexity index is 600. The molecule has 3 rings (SSSR count). The van der Waals surface area contributed by atoms with Crippen molar-refractivity contribution < 1.29 is 9.53 Å². The normalized spacial score (nSPS) is 15.9. The minimum absolute atomic E-state index is 0.182. The van der Waals surface area contributed by atoms with Gasteiger partial charge >= 0.3 is 0 Å². The van der Waals surface area contributed by atoms with Crippen LogP contribution in [-0.4, -0.2) is 36.6 Å². The largest absolute Gasteiger partial charge is 0.381 e. The molecule has 1 fully saturated rings. The summed E-state index contributed by atoms with van der Waals surface area (Å²) in [6.07, 6.45) is 2.83. The highest BCUT2D eigenvalue weighted by Gasteiger charge is 2.27. The molecule has 118 valence electrons. The summed E-state index contributed by atoms with van der Waals surface area (Å²) < 4.78 is 5.46. The number of carbonyl (C=O) groups excluding carboxylic acids is 1. The van der Waals surface area contributed by atoms with Gasteiger partial charge in [-0.25, -0.2) is 0 Å². The average molecular weight is 335 g/mol. The third kappa shape index (κ3) is 3.77. The van der Waals surface area contributed by atoms with Gasteiger partial charge in [0.1, 0.15) is 0 Å². The van der Waals surface area contributed by atoms with Crippen LogP contribution in [0.4, 0.5) is 0 Å². The van der Waals surface area contributed by atoms with Gasteiger partial charge in [0.05, 0.1) is 4.88 Å². The first-order chi connectivity index (χ1) is 10.7. The highest BCUT2D eigenvalue weighted by Crippen LogP contribution is 2.22. The minimum Gasteiger partial charge on any atom is -0.381 e. The highest BCUT2D eigenvalue weighted by atomic mass is 32.1. The maximum atomic E-state index is 12.9. The Morgan fingerprint density at radius 3 is 2.82 bits per heavy atom. The summed E-state index contributed by atoms with van der Waals surface area (Å²) in [6.45, 7) is 4.35. The summed E-state index contributed by atoms with van der Waals surface area (Å²) in [5.74, 6) is 0.182. The van der Waals surface area contributed by atoms with Crippen molar-refractivity contribution in [3.8, 4) is 0 Å². The molecule has 0 atom stereocenters. The number of nitrogens with zero attached hydrogens (tertiary/aromatic N) is 1. The Hall–Kier alpha value is -1.17. The number of carbonyl (C=O) groups is 1. The third-order valence-corrected chi connectivity index (χ3v) is 5.99. The van der Waals surface area contributed by atoms with Crippen LogP contribution in [0.1, 0.15) is 33.0 Å². The molecule has 0 saturated carbocycles. The van der Waals surface area contributed by atoms with Gasteiger partial charge in [0, 0.05) is 30.7 Å². The van der Waals surface area contributed by atoms with E-state index in [1.807, 2.05) is 13.0 Å². The molecule has 5 heteroatoms. The topological polar surface area (TPSA) is 29.5 Å². The molecular weight excluding hydrogens is 314 g/mol. The van der Waals surface area contributed by atoms with E-state index < -0.39 is 0 Å². The van der Waals surface area contributed by atoms with Crippen molar-refractivity contribution >= 4 is 28.6 Å². The predicted molar refractivity (Wildman–Crippen MR) is 92.0 cm³/mol. The quantitative estimate of drug-likeness (QED) is 0.827. The maximum Gasteiger partial charge on any atom is 0.264 e. The van der Waals surface area contributed by atoms with E-state index in [0.29, 0.717) is 6.04 Å². The van der Waals surface area contributed by atoms with Gasteiger partial charge in [-0.3, -0.25) is 4.79 Å². The number of rotatable bonds is 5. The van der Waals surface area contributed by atoms with Crippen LogP contribution in [0.5, 0.6) is 0 Å². The van der Waals surface area contributed by atoms with Gasteiger partial charge in [0.25, 0.3) is 5.91 Å². The summed E-state index contributed by atoms with van der Waals surface area (Å²) in [4.78, 5) is 17.2. The van der Waals surface area contributed by atoms with Gasteiger partial charge in [-0.2, -0.15) is 0 Å². The Morgan fingerprint density at radius 2 is 2.18 bits per heavy atom. The van der Waals surface area contributed by atoms with E-state index in [1.54, 1.807) is 22.7 Å². The maximum absolute atomic E-state index is 12.9. The lowest BCUT2D eigenvalue weighted by Crippen LogP contribution is -2.44. The molecule has 0 N–H and O–H groups in total. The second-order valence-corrected chi connectivity index (χ2v) is 7.60. The zero-order valence-electron chi connectivity index (χ0n) is 12.8. The monoisotopic (exact) mass is 335 g/mol. The van der Waals surface area contributed by atoms with Crippen LogP contribution in [0.15, 0.2) is 29.0 Å². The van der Waals surface area contributed by atoms with E-state index in [9.17, 15) is 4.79 Å². The average Bonchev–Trinajstić information content (AvgIpc) is 3.20. The van der Waals surface area contributed by atoms with Crippen LogP contribution in [0.3, 0.4) is 0 Å². The van der Waals surface area contributed by atoms with Gasteiger partial charge in [0.15, 0.2) is 0 Å². The summed E-state index contributed by atoms with van der Waals surface area (Å²) in [5, 5.41) is 4.15. The molecule has 3 nitrogen and oxygen atoms in total. The number of aryl methyl sites for hydroxylation is 1. The van der Waals surface area contributed by atoms with E-state index in [4.69, 9.17) is 4.74 Å². The first kappa shape index (κ1) is 15.7. The van der Waals surface area contributed by atoms with Crippen molar-refractivity contribution in [2.24, 2.45) is 0 Å². The van der Waals surface area contributed by atoms with Crippen molar-refractivity contribution in [2.75, 3.05) is 19.8 Å². The standard InChI is InChI=1S/C17H21NO2S2/c1-13-11-16(22-12-13)17(19)18(14-5-8-20-9-6-14)7-4-15-3-2-10-21-15/h2-3,10-12,14H,4-9H2,1H3. The first-order valence-electron chi connectivity index (χ1n) is 7.70. The minimum atomic E-state index is 0.182. The van der Waals surface area contributed by atoms with Crippen LogP contribution in [-0.2, 0) is 11.2 Å². The predicted octanol–water partition coefficient (Wildman–Crippen LogP) is 3.98. The van der Waals surface area contributed by atoms with Crippen molar-refractivity contribution in [3.63, 3.8) is 0 Å². The fourth-order valence-electron chi connectivity index (χ4n) is 2.82. The molecule has 1 amide bonds. The lowest BCUT2D eigenvalue weighted by Gasteiger charge is -2.34. The van der Waals surface area contributed by atoms with E-state index in [2.05, 4.69) is 27.8 Å². The molecule has 0 aromatic carbocycles. The lowest BCUT2D eigenvalue weighted by molar-refractivity contribution is 0.0296. The van der Waals surface area contributed by atoms with Gasteiger partial charge in [-0.15, -0.1) is 22.7 Å². The van der Waals surface area contributed by atoms with Crippen LogP contribution in [0.25, 0.3) is 0 Å². The van der Waals surface area contributed by atoms with Gasteiger partial charge < -0.3 is 9.64 Å². The van der Waals surface area contributed by atoms with Gasteiger partial charge in [0.2, 0.25) is 0 Å². The molecule has 1 saturated heterocycles. The third-order valence-electron chi connectivity index (χ3n) is 4.01. The summed E-state index contributed by atoms with van der Waals surface area (Å²) in [5.41, 5.74) is 1.17. The van der Waals surface area contributed by atoms with Crippen molar-refractivity contribution in [2.45, 2.75) is 32.2 Å². The Kier molecular flexibility index (Phi) is 5.28. The molecule has 0 radical (unpaired) electrons. The number of amides is 1. The fraction of sp³-hybridized carbons (Fsp3) is 0.471. The van der Waals surface area contributed by atoms with Crippen LogP contribution >= 0.6 is 22.7 Å². The Balaban J connectivity index is 1.73. The number of hydrogen-bond acceptors (Lipinski definition) is 4. The smallest absolute Gasteiger partial charge is 0.264 e. The van der Waals surface area contributed by atoms with Crippen molar-refractivity contribution in [1.29, 1.82) is 0 Å². The Morgan fingerprint density at radius 1 is 1.36 bits per heavy atom. The molecule has 22 heavy (non-hydrogen) atoms. The molecule has 2 aromatic heterocycles. The van der Waals surface area contributed by atoms with E-state index in [-0.39, 0.29) is 5.91 Å². The SMILES string of the molecule is Cc1csc(C(=O)N(CCc2cccs2)C2CCOCC2)c1. The van der Waals surface area contributed by atoms with Crippen molar-refractivity contribution in [1.82, 2.24) is 4.90 Å². The summed E-state index contributed by atoms with van der Waals surface area (Å²) >= 11 is 3.32. The van der Waals surface area contributed by atoms with Gasteiger partial charge in [-0.1, -0.05) is 6.07 Å². The summed E-state index contributed by atoms with van der Waals surface area (Å²) in [6, 6.07) is 6.53. The number of ether oxygens (including phenoxy) is 1. The van der Waals surface area contributed by atoms with E-state index >= 15 is 0 Å².